The summed E-state index contributed by atoms with van der Waals surface area (Å²) in [5.41, 5.74) is 1.43. The number of likely N-dealkylation sites (tertiary alicyclic amines) is 1. The SMILES string of the molecule is CCN(CC)CCCNC1CCN(CC=C(C)C)CC1. The lowest BCUT2D eigenvalue weighted by Crippen LogP contribution is -2.43. The maximum atomic E-state index is 3.74. The monoisotopic (exact) mass is 281 g/mol. The third kappa shape index (κ3) is 7.41. The van der Waals surface area contributed by atoms with Crippen LogP contribution in [0.1, 0.15) is 47.0 Å². The van der Waals surface area contributed by atoms with Gasteiger partial charge in [-0.15, -0.1) is 0 Å². The quantitative estimate of drug-likeness (QED) is 0.518. The summed E-state index contributed by atoms with van der Waals surface area (Å²) in [5, 5.41) is 3.74. The number of rotatable bonds is 9. The molecule has 0 aromatic carbocycles. The van der Waals surface area contributed by atoms with E-state index >= 15 is 0 Å². The van der Waals surface area contributed by atoms with Crippen LogP contribution in [0.5, 0.6) is 0 Å². The van der Waals surface area contributed by atoms with E-state index in [0.29, 0.717) is 0 Å². The zero-order valence-electron chi connectivity index (χ0n) is 14.1. The third-order valence-corrected chi connectivity index (χ3v) is 4.32. The summed E-state index contributed by atoms with van der Waals surface area (Å²) in [6.45, 7) is 17.3. The van der Waals surface area contributed by atoms with Crippen LogP contribution in [-0.2, 0) is 0 Å². The van der Waals surface area contributed by atoms with Crippen molar-refractivity contribution in [2.75, 3.05) is 45.8 Å². The Hall–Kier alpha value is -0.380. The summed E-state index contributed by atoms with van der Waals surface area (Å²) in [4.78, 5) is 5.07. The molecule has 1 saturated heterocycles. The molecular weight excluding hydrogens is 246 g/mol. The van der Waals surface area contributed by atoms with Crippen molar-refractivity contribution in [3.8, 4) is 0 Å². The molecule has 0 aromatic rings. The Bertz CT molecular complexity index is 259. The van der Waals surface area contributed by atoms with Gasteiger partial charge < -0.3 is 10.2 Å². The average Bonchev–Trinajstić information content (AvgIpc) is 2.46. The summed E-state index contributed by atoms with van der Waals surface area (Å²) in [6.07, 6.45) is 6.24. The zero-order chi connectivity index (χ0) is 14.8. The highest BCUT2D eigenvalue weighted by Gasteiger charge is 2.17. The summed E-state index contributed by atoms with van der Waals surface area (Å²) < 4.78 is 0. The molecule has 0 aromatic heterocycles. The van der Waals surface area contributed by atoms with E-state index in [1.54, 1.807) is 0 Å². The van der Waals surface area contributed by atoms with Crippen LogP contribution in [0.25, 0.3) is 0 Å². The summed E-state index contributed by atoms with van der Waals surface area (Å²) in [7, 11) is 0. The molecule has 1 fully saturated rings. The molecule has 3 nitrogen and oxygen atoms in total. The highest BCUT2D eigenvalue weighted by atomic mass is 15.1. The number of nitrogens with one attached hydrogen (secondary N) is 1. The minimum atomic E-state index is 0.745. The van der Waals surface area contributed by atoms with Gasteiger partial charge in [-0.2, -0.15) is 0 Å². The van der Waals surface area contributed by atoms with Crippen molar-refractivity contribution in [2.45, 2.75) is 53.0 Å². The molecule has 0 unspecified atom stereocenters. The first-order valence-electron chi connectivity index (χ1n) is 8.47. The first-order chi connectivity index (χ1) is 9.65. The molecule has 0 radical (unpaired) electrons. The molecule has 0 atom stereocenters. The molecule has 0 saturated carbocycles. The Morgan fingerprint density at radius 3 is 2.40 bits per heavy atom. The van der Waals surface area contributed by atoms with E-state index in [4.69, 9.17) is 0 Å². The van der Waals surface area contributed by atoms with Crippen LogP contribution in [0.4, 0.5) is 0 Å². The molecular formula is C17H35N3. The summed E-state index contributed by atoms with van der Waals surface area (Å²) in [6, 6.07) is 0.745. The van der Waals surface area contributed by atoms with E-state index in [1.807, 2.05) is 0 Å². The fraction of sp³-hybridized carbons (Fsp3) is 0.882. The first kappa shape index (κ1) is 17.7. The minimum Gasteiger partial charge on any atom is -0.314 e. The average molecular weight is 281 g/mol. The van der Waals surface area contributed by atoms with Crippen LogP contribution in [0.2, 0.25) is 0 Å². The second-order valence-electron chi connectivity index (χ2n) is 6.19. The van der Waals surface area contributed by atoms with Crippen molar-refractivity contribution < 1.29 is 0 Å². The lowest BCUT2D eigenvalue weighted by molar-refractivity contribution is 0.212. The molecule has 0 amide bonds. The van der Waals surface area contributed by atoms with Crippen LogP contribution in [-0.4, -0.2) is 61.7 Å². The van der Waals surface area contributed by atoms with Gasteiger partial charge in [-0.25, -0.2) is 0 Å². The van der Waals surface area contributed by atoms with Crippen LogP contribution in [0, 0.1) is 0 Å². The summed E-state index contributed by atoms with van der Waals surface area (Å²) in [5.74, 6) is 0. The number of hydrogen-bond donors (Lipinski definition) is 1. The molecule has 0 spiro atoms. The van der Waals surface area contributed by atoms with Gasteiger partial charge in [0.05, 0.1) is 0 Å². The normalized spacial score (nSPS) is 17.6. The Kier molecular flexibility index (Phi) is 9.16. The molecule has 1 rings (SSSR count). The van der Waals surface area contributed by atoms with E-state index in [-0.39, 0.29) is 0 Å². The molecule has 1 aliphatic rings. The van der Waals surface area contributed by atoms with Crippen LogP contribution in [0.3, 0.4) is 0 Å². The second kappa shape index (κ2) is 10.4. The van der Waals surface area contributed by atoms with Gasteiger partial charge in [-0.05, 0) is 72.4 Å². The molecule has 1 aliphatic heterocycles. The van der Waals surface area contributed by atoms with Crippen molar-refractivity contribution >= 4 is 0 Å². The molecule has 118 valence electrons. The van der Waals surface area contributed by atoms with Gasteiger partial charge in [0.2, 0.25) is 0 Å². The smallest absolute Gasteiger partial charge is 0.0165 e. The van der Waals surface area contributed by atoms with Gasteiger partial charge in [-0.1, -0.05) is 25.5 Å². The van der Waals surface area contributed by atoms with Crippen molar-refractivity contribution in [3.05, 3.63) is 11.6 Å². The zero-order valence-corrected chi connectivity index (χ0v) is 14.1. The van der Waals surface area contributed by atoms with Gasteiger partial charge >= 0.3 is 0 Å². The molecule has 1 heterocycles. The van der Waals surface area contributed by atoms with Gasteiger partial charge in [0.15, 0.2) is 0 Å². The number of nitrogens with zero attached hydrogens (tertiary/aromatic N) is 2. The Morgan fingerprint density at radius 2 is 1.85 bits per heavy atom. The first-order valence-corrected chi connectivity index (χ1v) is 8.47. The number of hydrogen-bond acceptors (Lipinski definition) is 3. The predicted molar refractivity (Wildman–Crippen MR) is 89.3 cm³/mol. The van der Waals surface area contributed by atoms with Crippen LogP contribution in [0.15, 0.2) is 11.6 Å². The van der Waals surface area contributed by atoms with Gasteiger partial charge in [0.25, 0.3) is 0 Å². The molecule has 0 aliphatic carbocycles. The Morgan fingerprint density at radius 1 is 1.20 bits per heavy atom. The predicted octanol–water partition coefficient (Wildman–Crippen LogP) is 2.74. The maximum Gasteiger partial charge on any atom is 0.0165 e. The topological polar surface area (TPSA) is 18.5 Å². The molecule has 3 heteroatoms. The van der Waals surface area contributed by atoms with E-state index in [9.17, 15) is 0 Å². The second-order valence-corrected chi connectivity index (χ2v) is 6.19. The fourth-order valence-corrected chi connectivity index (χ4v) is 2.78. The minimum absolute atomic E-state index is 0.745. The Labute approximate surface area is 126 Å². The highest BCUT2D eigenvalue weighted by molar-refractivity contribution is 4.95. The summed E-state index contributed by atoms with van der Waals surface area (Å²) >= 11 is 0. The van der Waals surface area contributed by atoms with E-state index < -0.39 is 0 Å². The lowest BCUT2D eigenvalue weighted by atomic mass is 10.0. The largest absolute Gasteiger partial charge is 0.314 e. The number of piperidine rings is 1. The molecule has 0 bridgehead atoms. The third-order valence-electron chi connectivity index (χ3n) is 4.32. The van der Waals surface area contributed by atoms with Crippen molar-refractivity contribution in [2.24, 2.45) is 0 Å². The molecule has 1 N–H and O–H groups in total. The highest BCUT2D eigenvalue weighted by Crippen LogP contribution is 2.10. The lowest BCUT2D eigenvalue weighted by Gasteiger charge is -2.32. The van der Waals surface area contributed by atoms with Crippen molar-refractivity contribution in [1.82, 2.24) is 15.1 Å². The number of allylic oxidation sites excluding steroid dienone is 1. The van der Waals surface area contributed by atoms with Gasteiger partial charge in [-0.3, -0.25) is 4.90 Å². The van der Waals surface area contributed by atoms with Gasteiger partial charge in [0.1, 0.15) is 0 Å². The van der Waals surface area contributed by atoms with E-state index in [0.717, 1.165) is 12.6 Å². The Balaban J connectivity index is 2.06. The van der Waals surface area contributed by atoms with Crippen molar-refractivity contribution in [3.63, 3.8) is 0 Å². The van der Waals surface area contributed by atoms with Gasteiger partial charge in [0, 0.05) is 12.6 Å². The molecule has 20 heavy (non-hydrogen) atoms. The van der Waals surface area contributed by atoms with E-state index in [1.165, 1.54) is 64.1 Å². The standard InChI is InChI=1S/C17H35N3/c1-5-19(6-2)12-7-11-18-17-9-14-20(15-10-17)13-8-16(3)4/h8,17-18H,5-7,9-15H2,1-4H3. The van der Waals surface area contributed by atoms with E-state index in [2.05, 4.69) is 48.9 Å². The maximum absolute atomic E-state index is 3.74. The fourth-order valence-electron chi connectivity index (χ4n) is 2.78. The van der Waals surface area contributed by atoms with Crippen LogP contribution < -0.4 is 5.32 Å². The van der Waals surface area contributed by atoms with Crippen LogP contribution >= 0.6 is 0 Å². The van der Waals surface area contributed by atoms with Crippen molar-refractivity contribution in [1.29, 1.82) is 0 Å².